The summed E-state index contributed by atoms with van der Waals surface area (Å²) in [6, 6.07) is 0.790. The van der Waals surface area contributed by atoms with E-state index in [2.05, 4.69) is 10.2 Å². The second-order valence-corrected chi connectivity index (χ2v) is 5.22. The van der Waals surface area contributed by atoms with Crippen molar-refractivity contribution in [3.8, 4) is 0 Å². The summed E-state index contributed by atoms with van der Waals surface area (Å²) in [5.41, 5.74) is 0. The Hall–Kier alpha value is -0.0800. The summed E-state index contributed by atoms with van der Waals surface area (Å²) < 4.78 is 0. The summed E-state index contributed by atoms with van der Waals surface area (Å²) in [5, 5.41) is 3.66. The van der Waals surface area contributed by atoms with Crippen molar-refractivity contribution < 1.29 is 0 Å². The summed E-state index contributed by atoms with van der Waals surface area (Å²) in [6.45, 7) is 5.24. The third-order valence-electron chi connectivity index (χ3n) is 3.84. The minimum Gasteiger partial charge on any atom is -0.313 e. The number of nitrogens with one attached hydrogen (secondary N) is 1. The van der Waals surface area contributed by atoms with Crippen molar-refractivity contribution >= 4 is 0 Å². The maximum absolute atomic E-state index is 3.66. The lowest BCUT2D eigenvalue weighted by Gasteiger charge is -2.31. The van der Waals surface area contributed by atoms with Crippen LogP contribution in [0.25, 0.3) is 0 Å². The molecule has 1 unspecified atom stereocenters. The zero-order valence-corrected chi connectivity index (χ0v) is 10.0. The van der Waals surface area contributed by atoms with Gasteiger partial charge < -0.3 is 10.2 Å². The molecule has 2 aliphatic heterocycles. The number of likely N-dealkylation sites (tertiary alicyclic amines) is 1. The van der Waals surface area contributed by atoms with Gasteiger partial charge in [0.2, 0.25) is 0 Å². The summed E-state index contributed by atoms with van der Waals surface area (Å²) in [7, 11) is 0. The summed E-state index contributed by atoms with van der Waals surface area (Å²) in [4.78, 5) is 2.70. The van der Waals surface area contributed by atoms with E-state index in [-0.39, 0.29) is 0 Å². The summed E-state index contributed by atoms with van der Waals surface area (Å²) in [6.07, 6.45) is 11.4. The molecule has 2 heteroatoms. The molecule has 2 fully saturated rings. The number of hydrogen-bond donors (Lipinski definition) is 1. The molecule has 88 valence electrons. The molecule has 0 radical (unpaired) electrons. The largest absolute Gasteiger partial charge is 0.313 e. The van der Waals surface area contributed by atoms with Crippen LogP contribution < -0.4 is 5.32 Å². The number of piperidine rings is 1. The van der Waals surface area contributed by atoms with Crippen LogP contribution in [0.1, 0.15) is 51.4 Å². The van der Waals surface area contributed by atoms with Gasteiger partial charge in [0.15, 0.2) is 0 Å². The first-order valence-electron chi connectivity index (χ1n) is 6.91. The molecule has 0 aliphatic carbocycles. The first kappa shape index (κ1) is 11.4. The third kappa shape index (κ3) is 4.12. The molecule has 0 aromatic heterocycles. The lowest BCUT2D eigenvalue weighted by atomic mass is 10.0. The molecule has 2 saturated heterocycles. The predicted molar refractivity (Wildman–Crippen MR) is 65.2 cm³/mol. The van der Waals surface area contributed by atoms with Crippen molar-refractivity contribution in [2.24, 2.45) is 0 Å². The van der Waals surface area contributed by atoms with Gasteiger partial charge in [-0.3, -0.25) is 0 Å². The molecular formula is C13H26N2. The second-order valence-electron chi connectivity index (χ2n) is 5.22. The molecular weight excluding hydrogens is 184 g/mol. The van der Waals surface area contributed by atoms with Crippen LogP contribution in [0.15, 0.2) is 0 Å². The van der Waals surface area contributed by atoms with Crippen LogP contribution in [0.5, 0.6) is 0 Å². The van der Waals surface area contributed by atoms with Crippen LogP contribution in [0.3, 0.4) is 0 Å². The minimum absolute atomic E-state index is 0.790. The van der Waals surface area contributed by atoms with Gasteiger partial charge in [-0.2, -0.15) is 0 Å². The van der Waals surface area contributed by atoms with Gasteiger partial charge in [-0.15, -0.1) is 0 Å². The topological polar surface area (TPSA) is 15.3 Å². The zero-order chi connectivity index (χ0) is 10.3. The van der Waals surface area contributed by atoms with E-state index in [0.29, 0.717) is 0 Å². The van der Waals surface area contributed by atoms with Crippen molar-refractivity contribution in [2.45, 2.75) is 57.4 Å². The Morgan fingerprint density at radius 3 is 2.27 bits per heavy atom. The number of rotatable bonds is 2. The van der Waals surface area contributed by atoms with Crippen molar-refractivity contribution in [1.82, 2.24) is 10.2 Å². The number of nitrogens with zero attached hydrogens (tertiary/aromatic N) is 1. The fourth-order valence-corrected chi connectivity index (χ4v) is 2.89. The summed E-state index contributed by atoms with van der Waals surface area (Å²) >= 11 is 0. The van der Waals surface area contributed by atoms with E-state index in [1.807, 2.05) is 0 Å². The van der Waals surface area contributed by atoms with Crippen molar-refractivity contribution in [1.29, 1.82) is 0 Å². The normalized spacial score (nSPS) is 30.8. The molecule has 2 heterocycles. The molecule has 1 atom stereocenters. The SMILES string of the molecule is C1CCCN(CC2CCCCN2)CCC1. The van der Waals surface area contributed by atoms with Crippen LogP contribution in [0, 0.1) is 0 Å². The number of hydrogen-bond acceptors (Lipinski definition) is 2. The van der Waals surface area contributed by atoms with Crippen molar-refractivity contribution in [3.63, 3.8) is 0 Å². The quantitative estimate of drug-likeness (QED) is 0.753. The van der Waals surface area contributed by atoms with E-state index in [4.69, 9.17) is 0 Å². The van der Waals surface area contributed by atoms with E-state index in [1.54, 1.807) is 0 Å². The Morgan fingerprint density at radius 1 is 0.867 bits per heavy atom. The molecule has 2 aliphatic rings. The highest BCUT2D eigenvalue weighted by molar-refractivity contribution is 4.76. The minimum atomic E-state index is 0.790. The lowest BCUT2D eigenvalue weighted by molar-refractivity contribution is 0.207. The van der Waals surface area contributed by atoms with Gasteiger partial charge in [-0.05, 0) is 45.3 Å². The monoisotopic (exact) mass is 210 g/mol. The standard InChI is InChI=1S/C13H26N2/c1-2-6-10-15(11-7-3-1)12-13-8-4-5-9-14-13/h13-14H,1-12H2. The van der Waals surface area contributed by atoms with Gasteiger partial charge in [-0.1, -0.05) is 25.7 Å². The molecule has 0 amide bonds. The molecule has 0 aromatic carbocycles. The maximum atomic E-state index is 3.66. The Morgan fingerprint density at radius 2 is 1.60 bits per heavy atom. The lowest BCUT2D eigenvalue weighted by Crippen LogP contribution is -2.44. The van der Waals surface area contributed by atoms with Crippen LogP contribution >= 0.6 is 0 Å². The van der Waals surface area contributed by atoms with E-state index in [0.717, 1.165) is 6.04 Å². The second kappa shape index (κ2) is 6.49. The molecule has 1 N–H and O–H groups in total. The fraction of sp³-hybridized carbons (Fsp3) is 1.00. The third-order valence-corrected chi connectivity index (χ3v) is 3.84. The average molecular weight is 210 g/mol. The highest BCUT2D eigenvalue weighted by atomic mass is 15.1. The predicted octanol–water partition coefficient (Wildman–Crippen LogP) is 2.39. The molecule has 15 heavy (non-hydrogen) atoms. The Balaban J connectivity index is 1.70. The van der Waals surface area contributed by atoms with Gasteiger partial charge in [0.25, 0.3) is 0 Å². The van der Waals surface area contributed by atoms with Crippen LogP contribution in [-0.4, -0.2) is 37.1 Å². The molecule has 2 rings (SSSR count). The molecule has 0 spiro atoms. The smallest absolute Gasteiger partial charge is 0.0195 e. The van der Waals surface area contributed by atoms with Gasteiger partial charge >= 0.3 is 0 Å². The van der Waals surface area contributed by atoms with Crippen molar-refractivity contribution in [3.05, 3.63) is 0 Å². The van der Waals surface area contributed by atoms with E-state index in [1.165, 1.54) is 77.5 Å². The maximum Gasteiger partial charge on any atom is 0.0195 e. The average Bonchev–Trinajstić information content (AvgIpc) is 2.23. The van der Waals surface area contributed by atoms with Crippen LogP contribution in [0.2, 0.25) is 0 Å². The Labute approximate surface area is 94.4 Å². The molecule has 0 bridgehead atoms. The molecule has 2 nitrogen and oxygen atoms in total. The Bertz CT molecular complexity index is 156. The van der Waals surface area contributed by atoms with Crippen LogP contribution in [-0.2, 0) is 0 Å². The van der Waals surface area contributed by atoms with Gasteiger partial charge in [-0.25, -0.2) is 0 Å². The fourth-order valence-electron chi connectivity index (χ4n) is 2.89. The van der Waals surface area contributed by atoms with E-state index in [9.17, 15) is 0 Å². The van der Waals surface area contributed by atoms with Gasteiger partial charge in [0.05, 0.1) is 0 Å². The highest BCUT2D eigenvalue weighted by Gasteiger charge is 2.16. The Kier molecular flexibility index (Phi) is 4.94. The van der Waals surface area contributed by atoms with E-state index < -0.39 is 0 Å². The van der Waals surface area contributed by atoms with Gasteiger partial charge in [0.1, 0.15) is 0 Å². The zero-order valence-electron chi connectivity index (χ0n) is 10.0. The van der Waals surface area contributed by atoms with Crippen molar-refractivity contribution in [2.75, 3.05) is 26.2 Å². The van der Waals surface area contributed by atoms with Crippen LogP contribution in [0.4, 0.5) is 0 Å². The highest BCUT2D eigenvalue weighted by Crippen LogP contribution is 2.13. The molecule has 0 saturated carbocycles. The molecule has 0 aromatic rings. The first-order valence-corrected chi connectivity index (χ1v) is 6.91. The summed E-state index contributed by atoms with van der Waals surface area (Å²) in [5.74, 6) is 0. The van der Waals surface area contributed by atoms with Gasteiger partial charge in [0, 0.05) is 12.6 Å². The van der Waals surface area contributed by atoms with E-state index >= 15 is 0 Å². The first-order chi connectivity index (χ1) is 7.45.